The second kappa shape index (κ2) is 13.0. The number of nitrogens with one attached hydrogen (secondary N) is 1. The van der Waals surface area contributed by atoms with Crippen LogP contribution in [0, 0.1) is 18.6 Å². The minimum absolute atomic E-state index is 0.0363. The van der Waals surface area contributed by atoms with Crippen LogP contribution >= 0.6 is 0 Å². The number of aromatic nitrogens is 3. The van der Waals surface area contributed by atoms with Crippen molar-refractivity contribution in [3.05, 3.63) is 71.7 Å². The first-order valence-electron chi connectivity index (χ1n) is 14.6. The zero-order chi connectivity index (χ0) is 30.7. The molecule has 0 radical (unpaired) electrons. The van der Waals surface area contributed by atoms with Crippen molar-refractivity contribution in [2.45, 2.75) is 33.3 Å². The molecule has 228 valence electrons. The van der Waals surface area contributed by atoms with E-state index in [0.717, 1.165) is 43.9 Å². The van der Waals surface area contributed by atoms with Gasteiger partial charge in [0.05, 0.1) is 18.0 Å². The maximum absolute atomic E-state index is 15.1. The van der Waals surface area contributed by atoms with Crippen molar-refractivity contribution in [1.29, 1.82) is 0 Å². The van der Waals surface area contributed by atoms with E-state index in [1.165, 1.54) is 18.3 Å². The zero-order valence-corrected chi connectivity index (χ0v) is 25.4. The number of carbonyl (C=O) groups excluding carboxylic acids is 1. The summed E-state index contributed by atoms with van der Waals surface area (Å²) in [5.41, 5.74) is 3.14. The van der Waals surface area contributed by atoms with Crippen molar-refractivity contribution >= 4 is 23.1 Å². The molecular weight excluding hydrogens is 552 g/mol. The summed E-state index contributed by atoms with van der Waals surface area (Å²) in [6.45, 7) is 10.7. The van der Waals surface area contributed by atoms with Crippen molar-refractivity contribution < 1.29 is 18.3 Å². The number of carbonyl (C=O) groups is 1. The number of aryl methyl sites for hydroxylation is 1. The van der Waals surface area contributed by atoms with Gasteiger partial charge in [0.1, 0.15) is 0 Å². The number of piperazine rings is 1. The molecule has 5 rings (SSSR count). The predicted molar refractivity (Wildman–Crippen MR) is 164 cm³/mol. The number of fused-ring (bicyclic) bond motifs is 1. The predicted octanol–water partition coefficient (Wildman–Crippen LogP) is 5.22. The van der Waals surface area contributed by atoms with Crippen LogP contribution < -0.4 is 10.1 Å². The maximum Gasteiger partial charge on any atom is 0.254 e. The Kier molecular flexibility index (Phi) is 9.22. The van der Waals surface area contributed by atoms with Crippen LogP contribution in [0.5, 0.6) is 5.75 Å². The number of hydrogen-bond acceptors (Lipinski definition) is 7. The number of benzene rings is 2. The van der Waals surface area contributed by atoms with Crippen LogP contribution in [0.4, 0.5) is 20.3 Å². The molecule has 2 aromatic carbocycles. The van der Waals surface area contributed by atoms with Gasteiger partial charge in [-0.25, -0.2) is 14.4 Å². The van der Waals surface area contributed by atoms with E-state index >= 15 is 4.39 Å². The summed E-state index contributed by atoms with van der Waals surface area (Å²) in [5, 5.41) is 3.27. The molecule has 0 saturated carbocycles. The largest absolute Gasteiger partial charge is 0.488 e. The number of anilines is 2. The second-order valence-electron chi connectivity index (χ2n) is 11.5. The molecule has 4 aromatic rings. The van der Waals surface area contributed by atoms with Crippen molar-refractivity contribution in [3.63, 3.8) is 0 Å². The van der Waals surface area contributed by atoms with Crippen molar-refractivity contribution in [2.24, 2.45) is 0 Å². The molecule has 9 nitrogen and oxygen atoms in total. The number of nitrogens with zero attached hydrogens (tertiary/aromatic N) is 6. The molecule has 0 aliphatic carbocycles. The first-order chi connectivity index (χ1) is 20.6. The van der Waals surface area contributed by atoms with Crippen molar-refractivity contribution in [2.75, 3.05) is 58.7 Å². The van der Waals surface area contributed by atoms with Gasteiger partial charge in [-0.1, -0.05) is 0 Å². The highest BCUT2D eigenvalue weighted by Gasteiger charge is 2.24. The summed E-state index contributed by atoms with van der Waals surface area (Å²) in [6.07, 6.45) is 5.53. The average molecular weight is 592 g/mol. The van der Waals surface area contributed by atoms with E-state index in [2.05, 4.69) is 39.2 Å². The van der Waals surface area contributed by atoms with Gasteiger partial charge < -0.3 is 19.9 Å². The molecule has 11 heteroatoms. The fourth-order valence-corrected chi connectivity index (χ4v) is 5.35. The van der Waals surface area contributed by atoms with Crippen molar-refractivity contribution in [3.8, 4) is 17.0 Å². The van der Waals surface area contributed by atoms with E-state index in [0.29, 0.717) is 35.8 Å². The van der Waals surface area contributed by atoms with Gasteiger partial charge in [0.2, 0.25) is 5.82 Å². The Labute approximate surface area is 251 Å². The van der Waals surface area contributed by atoms with Crippen LogP contribution in [0.15, 0.2) is 48.9 Å². The van der Waals surface area contributed by atoms with Crippen LogP contribution in [0.3, 0.4) is 0 Å². The van der Waals surface area contributed by atoms with E-state index in [-0.39, 0.29) is 23.3 Å². The number of amides is 1. The summed E-state index contributed by atoms with van der Waals surface area (Å²) < 4.78 is 36.8. The van der Waals surface area contributed by atoms with Gasteiger partial charge in [-0.2, -0.15) is 4.39 Å². The Morgan fingerprint density at radius 2 is 1.84 bits per heavy atom. The van der Waals surface area contributed by atoms with Gasteiger partial charge in [0, 0.05) is 55.4 Å². The molecule has 1 aliphatic rings. The third-order valence-electron chi connectivity index (χ3n) is 7.57. The zero-order valence-electron chi connectivity index (χ0n) is 25.4. The van der Waals surface area contributed by atoms with E-state index in [9.17, 15) is 9.18 Å². The molecule has 3 heterocycles. The lowest BCUT2D eigenvalue weighted by atomic mass is 10.1. The molecule has 1 N–H and O–H groups in total. The lowest BCUT2D eigenvalue weighted by Crippen LogP contribution is -2.49. The van der Waals surface area contributed by atoms with E-state index in [1.807, 2.05) is 30.0 Å². The molecule has 1 amide bonds. The molecule has 0 bridgehead atoms. The Balaban J connectivity index is 1.29. The molecule has 1 fully saturated rings. The van der Waals surface area contributed by atoms with Gasteiger partial charge in [0.25, 0.3) is 5.91 Å². The van der Waals surface area contributed by atoms with E-state index in [1.54, 1.807) is 30.6 Å². The Bertz CT molecular complexity index is 1600. The quantitative estimate of drug-likeness (QED) is 0.271. The average Bonchev–Trinajstić information content (AvgIpc) is 3.40. The summed E-state index contributed by atoms with van der Waals surface area (Å²) in [5.74, 6) is -1.70. The number of ether oxygens (including phenoxy) is 1. The van der Waals surface area contributed by atoms with Crippen LogP contribution in [-0.2, 0) is 0 Å². The molecule has 0 unspecified atom stereocenters. The topological polar surface area (TPSA) is 78.2 Å². The molecule has 1 saturated heterocycles. The minimum Gasteiger partial charge on any atom is -0.488 e. The van der Waals surface area contributed by atoms with Crippen LogP contribution in [-0.4, -0.2) is 94.4 Å². The lowest BCUT2D eigenvalue weighted by Gasteiger charge is -2.35. The van der Waals surface area contributed by atoms with Crippen LogP contribution in [0.2, 0.25) is 0 Å². The highest BCUT2D eigenvalue weighted by atomic mass is 19.2. The number of halogens is 2. The highest BCUT2D eigenvalue weighted by molar-refractivity contribution is 5.96. The molecule has 0 atom stereocenters. The first-order valence-corrected chi connectivity index (χ1v) is 14.6. The summed E-state index contributed by atoms with van der Waals surface area (Å²) in [7, 11) is 4.17. The van der Waals surface area contributed by atoms with Gasteiger partial charge >= 0.3 is 0 Å². The smallest absolute Gasteiger partial charge is 0.254 e. The summed E-state index contributed by atoms with van der Waals surface area (Å²) in [4.78, 5) is 28.7. The first kappa shape index (κ1) is 30.4. The monoisotopic (exact) mass is 591 g/mol. The van der Waals surface area contributed by atoms with E-state index in [4.69, 9.17) is 4.74 Å². The van der Waals surface area contributed by atoms with Gasteiger partial charge in [-0.15, -0.1) is 0 Å². The number of hydrogen-bond donors (Lipinski definition) is 1. The molecule has 2 aromatic heterocycles. The summed E-state index contributed by atoms with van der Waals surface area (Å²) >= 11 is 0. The normalized spacial score (nSPS) is 14.2. The lowest BCUT2D eigenvalue weighted by molar-refractivity contribution is 0.0633. The number of imidazole rings is 1. The molecular formula is C32H39F2N7O2. The van der Waals surface area contributed by atoms with E-state index < -0.39 is 11.6 Å². The fraction of sp³-hybridized carbons (Fsp3) is 0.406. The Hall–Kier alpha value is -4.09. The standard InChI is InChI=1S/C32H39F2N7O2/c1-21(2)43-27-10-9-25(28(33)29(27)34)26-20-36-31-30(35-11-14-41(26)31)37-23-7-8-24(22(3)19-23)32(42)40-17-15-39(16-18-40)13-6-12-38(4)5/h7-11,14,19-21H,6,12-13,15-18H2,1-5H3,(H,35,37). The third kappa shape index (κ3) is 6.78. The second-order valence-corrected chi connectivity index (χ2v) is 11.5. The Morgan fingerprint density at radius 3 is 2.53 bits per heavy atom. The summed E-state index contributed by atoms with van der Waals surface area (Å²) in [6, 6.07) is 8.49. The van der Waals surface area contributed by atoms with Crippen LogP contribution in [0.1, 0.15) is 36.2 Å². The highest BCUT2D eigenvalue weighted by Crippen LogP contribution is 2.32. The molecule has 0 spiro atoms. The SMILES string of the molecule is Cc1cc(Nc2nccn3c(-c4ccc(OC(C)C)c(F)c4F)cnc23)ccc1C(=O)N1CCN(CCCN(C)C)CC1. The van der Waals surface area contributed by atoms with Gasteiger partial charge in [0.15, 0.2) is 23.0 Å². The van der Waals surface area contributed by atoms with Gasteiger partial charge in [-0.05, 0) is 90.3 Å². The fourth-order valence-electron chi connectivity index (χ4n) is 5.35. The minimum atomic E-state index is -1.04. The van der Waals surface area contributed by atoms with Crippen LogP contribution in [0.25, 0.3) is 16.9 Å². The van der Waals surface area contributed by atoms with Gasteiger partial charge in [-0.3, -0.25) is 14.1 Å². The Morgan fingerprint density at radius 1 is 1.07 bits per heavy atom. The van der Waals surface area contributed by atoms with Crippen molar-refractivity contribution in [1.82, 2.24) is 29.1 Å². The molecule has 1 aliphatic heterocycles. The third-order valence-corrected chi connectivity index (χ3v) is 7.57. The molecule has 43 heavy (non-hydrogen) atoms. The maximum atomic E-state index is 15.1. The number of rotatable bonds is 10.